The summed E-state index contributed by atoms with van der Waals surface area (Å²) in [6, 6.07) is 0. The van der Waals surface area contributed by atoms with E-state index in [9.17, 15) is 5.11 Å². The molecule has 1 rings (SSSR count). The van der Waals surface area contributed by atoms with E-state index in [1.807, 2.05) is 11.8 Å². The van der Waals surface area contributed by atoms with Gasteiger partial charge in [0.15, 0.2) is 0 Å². The molecule has 0 aliphatic heterocycles. The summed E-state index contributed by atoms with van der Waals surface area (Å²) in [5.41, 5.74) is 0. The van der Waals surface area contributed by atoms with E-state index in [4.69, 9.17) is 0 Å². The summed E-state index contributed by atoms with van der Waals surface area (Å²) in [6.07, 6.45) is 6.48. The summed E-state index contributed by atoms with van der Waals surface area (Å²) >= 11 is 1.96. The van der Waals surface area contributed by atoms with E-state index < -0.39 is 0 Å². The quantitative estimate of drug-likeness (QED) is 0.640. The number of aliphatic hydroxyl groups excluding tert-OH is 1. The summed E-state index contributed by atoms with van der Waals surface area (Å²) in [5, 5.41) is 13.7. The molecule has 1 unspecified atom stereocenters. The van der Waals surface area contributed by atoms with E-state index in [0.29, 0.717) is 0 Å². The Morgan fingerprint density at radius 1 is 1.43 bits per heavy atom. The van der Waals surface area contributed by atoms with Gasteiger partial charge in [0.2, 0.25) is 0 Å². The Morgan fingerprint density at radius 2 is 2.14 bits per heavy atom. The summed E-state index contributed by atoms with van der Waals surface area (Å²) in [6.45, 7) is 3.92. The molecule has 0 aromatic rings. The fraction of sp³-hybridized carbons (Fsp3) is 1.00. The van der Waals surface area contributed by atoms with E-state index >= 15 is 0 Å². The van der Waals surface area contributed by atoms with Crippen LogP contribution < -0.4 is 5.32 Å². The van der Waals surface area contributed by atoms with Crippen molar-refractivity contribution in [1.29, 1.82) is 0 Å². The van der Waals surface area contributed by atoms with Crippen molar-refractivity contribution >= 4 is 11.8 Å². The first-order valence-corrected chi connectivity index (χ1v) is 6.88. The third kappa shape index (κ3) is 5.23. The highest BCUT2D eigenvalue weighted by Gasteiger charge is 2.16. The van der Waals surface area contributed by atoms with Crippen LogP contribution in [0, 0.1) is 0 Å². The molecule has 1 aliphatic rings. The Labute approximate surface area is 91.9 Å². The van der Waals surface area contributed by atoms with Crippen molar-refractivity contribution in [3.05, 3.63) is 0 Å². The van der Waals surface area contributed by atoms with Crippen LogP contribution in [0.2, 0.25) is 0 Å². The molecule has 2 N–H and O–H groups in total. The predicted octanol–water partition coefficient (Wildman–Crippen LogP) is 2.02. The van der Waals surface area contributed by atoms with Crippen LogP contribution in [-0.2, 0) is 0 Å². The normalized spacial score (nSPS) is 20.1. The number of hydrogen-bond acceptors (Lipinski definition) is 3. The van der Waals surface area contributed by atoms with Crippen LogP contribution >= 0.6 is 11.8 Å². The van der Waals surface area contributed by atoms with Crippen LogP contribution in [0.5, 0.6) is 0 Å². The molecule has 1 fully saturated rings. The van der Waals surface area contributed by atoms with Gasteiger partial charge in [-0.3, -0.25) is 0 Å². The van der Waals surface area contributed by atoms with Crippen molar-refractivity contribution in [3.63, 3.8) is 0 Å². The van der Waals surface area contributed by atoms with Gasteiger partial charge >= 0.3 is 0 Å². The molecule has 0 aromatic heterocycles. The smallest absolute Gasteiger partial charge is 0.0754 e. The van der Waals surface area contributed by atoms with Crippen LogP contribution in [-0.4, -0.2) is 35.3 Å². The van der Waals surface area contributed by atoms with E-state index in [2.05, 4.69) is 12.2 Å². The SMILES string of the molecule is CCCNCC(O)CSC1CCCC1. The molecule has 14 heavy (non-hydrogen) atoms. The number of aliphatic hydroxyl groups is 1. The maximum Gasteiger partial charge on any atom is 0.0754 e. The lowest BCUT2D eigenvalue weighted by Crippen LogP contribution is -2.29. The minimum absolute atomic E-state index is 0.160. The molecule has 1 aliphatic carbocycles. The van der Waals surface area contributed by atoms with E-state index in [0.717, 1.165) is 30.5 Å². The predicted molar refractivity (Wildman–Crippen MR) is 63.9 cm³/mol. The van der Waals surface area contributed by atoms with Gasteiger partial charge in [0.1, 0.15) is 0 Å². The molecular weight excluding hydrogens is 194 g/mol. The molecule has 0 aromatic carbocycles. The molecule has 0 spiro atoms. The molecule has 1 saturated carbocycles. The molecule has 3 heteroatoms. The Morgan fingerprint density at radius 3 is 2.79 bits per heavy atom. The second-order valence-corrected chi connectivity index (χ2v) is 5.43. The minimum Gasteiger partial charge on any atom is -0.391 e. The van der Waals surface area contributed by atoms with Crippen LogP contribution in [0.15, 0.2) is 0 Å². The largest absolute Gasteiger partial charge is 0.391 e. The third-order valence-electron chi connectivity index (χ3n) is 2.63. The van der Waals surface area contributed by atoms with Crippen LogP contribution in [0.1, 0.15) is 39.0 Å². The molecule has 0 saturated heterocycles. The van der Waals surface area contributed by atoms with Gasteiger partial charge in [0.25, 0.3) is 0 Å². The summed E-state index contributed by atoms with van der Waals surface area (Å²) in [4.78, 5) is 0. The Balaban J connectivity index is 1.93. The molecule has 0 heterocycles. The first-order chi connectivity index (χ1) is 6.83. The Bertz CT molecular complexity index is 137. The molecule has 0 amide bonds. The highest BCUT2D eigenvalue weighted by Crippen LogP contribution is 2.29. The zero-order chi connectivity index (χ0) is 10.2. The standard InChI is InChI=1S/C11H23NOS/c1-2-7-12-8-10(13)9-14-11-5-3-4-6-11/h10-13H,2-9H2,1H3. The van der Waals surface area contributed by atoms with Gasteiger partial charge in [0, 0.05) is 17.5 Å². The zero-order valence-corrected chi connectivity index (χ0v) is 9.98. The van der Waals surface area contributed by atoms with Crippen molar-refractivity contribution in [1.82, 2.24) is 5.32 Å². The van der Waals surface area contributed by atoms with Gasteiger partial charge in [-0.2, -0.15) is 11.8 Å². The lowest BCUT2D eigenvalue weighted by Gasteiger charge is -2.14. The first kappa shape index (κ1) is 12.3. The highest BCUT2D eigenvalue weighted by atomic mass is 32.2. The number of rotatable bonds is 7. The summed E-state index contributed by atoms with van der Waals surface area (Å²) in [7, 11) is 0. The third-order valence-corrected chi connectivity index (χ3v) is 4.15. The topological polar surface area (TPSA) is 32.3 Å². The zero-order valence-electron chi connectivity index (χ0n) is 9.17. The van der Waals surface area contributed by atoms with Gasteiger partial charge in [-0.15, -0.1) is 0 Å². The van der Waals surface area contributed by atoms with E-state index in [1.165, 1.54) is 25.7 Å². The van der Waals surface area contributed by atoms with Gasteiger partial charge in [-0.05, 0) is 25.8 Å². The van der Waals surface area contributed by atoms with E-state index in [-0.39, 0.29) is 6.10 Å². The van der Waals surface area contributed by atoms with Crippen LogP contribution in [0.4, 0.5) is 0 Å². The van der Waals surface area contributed by atoms with Crippen molar-refractivity contribution < 1.29 is 5.11 Å². The van der Waals surface area contributed by atoms with E-state index in [1.54, 1.807) is 0 Å². The van der Waals surface area contributed by atoms with Crippen LogP contribution in [0.25, 0.3) is 0 Å². The number of hydrogen-bond donors (Lipinski definition) is 2. The van der Waals surface area contributed by atoms with Crippen molar-refractivity contribution in [2.24, 2.45) is 0 Å². The summed E-state index contributed by atoms with van der Waals surface area (Å²) in [5.74, 6) is 0.904. The van der Waals surface area contributed by atoms with Gasteiger partial charge in [-0.25, -0.2) is 0 Å². The monoisotopic (exact) mass is 217 g/mol. The molecule has 84 valence electrons. The maximum absolute atomic E-state index is 9.65. The van der Waals surface area contributed by atoms with Gasteiger partial charge in [0.05, 0.1) is 6.10 Å². The van der Waals surface area contributed by atoms with Crippen molar-refractivity contribution in [2.75, 3.05) is 18.8 Å². The van der Waals surface area contributed by atoms with Gasteiger partial charge < -0.3 is 10.4 Å². The molecule has 2 nitrogen and oxygen atoms in total. The average Bonchev–Trinajstić information content (AvgIpc) is 2.68. The van der Waals surface area contributed by atoms with Gasteiger partial charge in [-0.1, -0.05) is 19.8 Å². The van der Waals surface area contributed by atoms with Crippen LogP contribution in [0.3, 0.4) is 0 Å². The molecule has 0 radical (unpaired) electrons. The highest BCUT2D eigenvalue weighted by molar-refractivity contribution is 7.99. The maximum atomic E-state index is 9.65. The number of nitrogens with one attached hydrogen (secondary N) is 1. The Hall–Kier alpha value is 0.270. The Kier molecular flexibility index (Phi) is 6.65. The lowest BCUT2D eigenvalue weighted by molar-refractivity contribution is 0.196. The fourth-order valence-electron chi connectivity index (χ4n) is 1.81. The van der Waals surface area contributed by atoms with Crippen molar-refractivity contribution in [2.45, 2.75) is 50.4 Å². The molecular formula is C11H23NOS. The second-order valence-electron chi connectivity index (χ2n) is 4.10. The number of thioether (sulfide) groups is 1. The molecule has 1 atom stereocenters. The molecule has 0 bridgehead atoms. The second kappa shape index (κ2) is 7.55. The fourth-order valence-corrected chi connectivity index (χ4v) is 3.09. The minimum atomic E-state index is -0.160. The van der Waals surface area contributed by atoms with Crippen molar-refractivity contribution in [3.8, 4) is 0 Å². The average molecular weight is 217 g/mol. The lowest BCUT2D eigenvalue weighted by atomic mass is 10.4. The summed E-state index contributed by atoms with van der Waals surface area (Å²) < 4.78 is 0. The first-order valence-electron chi connectivity index (χ1n) is 5.83.